The molecule has 0 aromatic heterocycles. The van der Waals surface area contributed by atoms with E-state index in [4.69, 9.17) is 5.11 Å². The predicted molar refractivity (Wildman–Crippen MR) is 30.7 cm³/mol. The van der Waals surface area contributed by atoms with Gasteiger partial charge in [-0.3, -0.25) is 4.79 Å². The molecule has 4 heteroatoms. The van der Waals surface area contributed by atoms with Crippen molar-refractivity contribution in [2.24, 2.45) is 0 Å². The fraction of sp³-hybridized carbons (Fsp3) is 0.800. The number of aliphatic carboxylic acids is 1. The van der Waals surface area contributed by atoms with Crippen LogP contribution in [0.1, 0.15) is 6.42 Å². The molecule has 0 saturated heterocycles. The molecule has 1 radical (unpaired) electrons. The summed E-state index contributed by atoms with van der Waals surface area (Å²) in [6.45, 7) is 0.294. The van der Waals surface area contributed by atoms with Crippen molar-refractivity contribution in [2.75, 3.05) is 19.7 Å². The monoisotopic (exact) mass is 132 g/mol. The average Bonchev–Trinajstić information content (AvgIpc) is 1.80. The number of nitrogens with one attached hydrogen (secondary N) is 1. The van der Waals surface area contributed by atoms with Crippen LogP contribution in [0.15, 0.2) is 0 Å². The van der Waals surface area contributed by atoms with E-state index in [9.17, 15) is 9.90 Å². The summed E-state index contributed by atoms with van der Waals surface area (Å²) in [5, 5.41) is 20.4. The van der Waals surface area contributed by atoms with Crippen LogP contribution in [0.2, 0.25) is 0 Å². The molecule has 0 saturated carbocycles. The normalized spacial score (nSPS) is 9.44. The van der Waals surface area contributed by atoms with E-state index < -0.39 is 5.97 Å². The standard InChI is InChI=1S/C5H10NO3/c7-3-1-2-6-4-5(8)9/h6H,1-4H2,(H,8,9). The number of hydrogen-bond donors (Lipinski definition) is 2. The van der Waals surface area contributed by atoms with Crippen LogP contribution in [0.25, 0.3) is 0 Å². The quantitative estimate of drug-likeness (QED) is 0.494. The van der Waals surface area contributed by atoms with E-state index in [1.54, 1.807) is 0 Å². The zero-order chi connectivity index (χ0) is 7.11. The lowest BCUT2D eigenvalue weighted by molar-refractivity contribution is -0.135. The van der Waals surface area contributed by atoms with Crippen molar-refractivity contribution in [3.8, 4) is 0 Å². The van der Waals surface area contributed by atoms with E-state index in [0.29, 0.717) is 13.0 Å². The van der Waals surface area contributed by atoms with Gasteiger partial charge in [0, 0.05) is 0 Å². The molecule has 9 heavy (non-hydrogen) atoms. The Kier molecular flexibility index (Phi) is 5.15. The van der Waals surface area contributed by atoms with Gasteiger partial charge in [-0.2, -0.15) is 0 Å². The predicted octanol–water partition coefficient (Wildman–Crippen LogP) is -0.519. The maximum Gasteiger partial charge on any atom is 0.317 e. The van der Waals surface area contributed by atoms with Crippen LogP contribution in [0.5, 0.6) is 0 Å². The summed E-state index contributed by atoms with van der Waals surface area (Å²) in [6, 6.07) is 0. The Bertz CT molecular complexity index is 84.3. The minimum Gasteiger partial charge on any atom is -0.480 e. The Hall–Kier alpha value is -0.610. The zero-order valence-electron chi connectivity index (χ0n) is 5.09. The second-order valence-electron chi connectivity index (χ2n) is 1.63. The number of rotatable bonds is 5. The van der Waals surface area contributed by atoms with Gasteiger partial charge in [0.1, 0.15) is 0 Å². The molecule has 0 fully saturated rings. The van der Waals surface area contributed by atoms with Crippen LogP contribution >= 0.6 is 0 Å². The summed E-state index contributed by atoms with van der Waals surface area (Å²) < 4.78 is 0. The van der Waals surface area contributed by atoms with E-state index in [-0.39, 0.29) is 13.2 Å². The lowest BCUT2D eigenvalue weighted by Crippen LogP contribution is -2.23. The molecule has 0 heterocycles. The Balaban J connectivity index is 2.83. The first kappa shape index (κ1) is 8.39. The van der Waals surface area contributed by atoms with Gasteiger partial charge in [0.25, 0.3) is 0 Å². The maximum absolute atomic E-state index is 9.82. The summed E-state index contributed by atoms with van der Waals surface area (Å²) in [5.74, 6) is -0.888. The smallest absolute Gasteiger partial charge is 0.317 e. The van der Waals surface area contributed by atoms with Crippen LogP contribution in [-0.2, 0) is 9.90 Å². The highest BCUT2D eigenvalue weighted by Crippen LogP contribution is 1.70. The van der Waals surface area contributed by atoms with Crippen LogP contribution in [-0.4, -0.2) is 30.8 Å². The largest absolute Gasteiger partial charge is 0.480 e. The van der Waals surface area contributed by atoms with E-state index >= 15 is 0 Å². The van der Waals surface area contributed by atoms with Crippen molar-refractivity contribution in [3.05, 3.63) is 0 Å². The summed E-state index contributed by atoms with van der Waals surface area (Å²) in [6.07, 6.45) is 0.493. The SMILES string of the molecule is [O]CCCNCC(=O)O. The Morgan fingerprint density at radius 2 is 2.22 bits per heavy atom. The third-order valence-corrected chi connectivity index (χ3v) is 0.774. The van der Waals surface area contributed by atoms with E-state index in [1.165, 1.54) is 0 Å². The molecule has 0 bridgehead atoms. The second kappa shape index (κ2) is 5.53. The molecule has 0 rings (SSSR count). The Morgan fingerprint density at radius 1 is 1.56 bits per heavy atom. The van der Waals surface area contributed by atoms with E-state index in [2.05, 4.69) is 5.32 Å². The molecule has 53 valence electrons. The van der Waals surface area contributed by atoms with Gasteiger partial charge in [-0.1, -0.05) is 0 Å². The van der Waals surface area contributed by atoms with Crippen molar-refractivity contribution in [2.45, 2.75) is 6.42 Å². The molecule has 4 nitrogen and oxygen atoms in total. The molecule has 2 N–H and O–H groups in total. The van der Waals surface area contributed by atoms with Crippen molar-refractivity contribution < 1.29 is 15.0 Å². The van der Waals surface area contributed by atoms with Gasteiger partial charge in [-0.25, -0.2) is 5.11 Å². The molecule has 0 aromatic carbocycles. The molecule has 0 aromatic rings. The van der Waals surface area contributed by atoms with Crippen molar-refractivity contribution in [1.82, 2.24) is 5.32 Å². The fourth-order valence-corrected chi connectivity index (χ4v) is 0.392. The summed E-state index contributed by atoms with van der Waals surface area (Å²) in [5.41, 5.74) is 0. The van der Waals surface area contributed by atoms with Gasteiger partial charge in [0.05, 0.1) is 13.2 Å². The molecule has 0 atom stereocenters. The topological polar surface area (TPSA) is 69.2 Å². The van der Waals surface area contributed by atoms with Crippen molar-refractivity contribution >= 4 is 5.97 Å². The van der Waals surface area contributed by atoms with E-state index in [1.807, 2.05) is 0 Å². The molecule has 0 aliphatic carbocycles. The minimum absolute atomic E-state index is 0.0556. The average molecular weight is 132 g/mol. The zero-order valence-corrected chi connectivity index (χ0v) is 5.09. The molecule has 0 aliphatic rings. The third kappa shape index (κ3) is 7.39. The number of carbonyl (C=O) groups is 1. The molecule has 0 aliphatic heterocycles. The van der Waals surface area contributed by atoms with Gasteiger partial charge in [-0.05, 0) is 13.0 Å². The molecular weight excluding hydrogens is 122 g/mol. The van der Waals surface area contributed by atoms with Gasteiger partial charge >= 0.3 is 5.97 Å². The van der Waals surface area contributed by atoms with Gasteiger partial charge in [0.2, 0.25) is 0 Å². The number of carboxylic acids is 1. The molecule has 0 unspecified atom stereocenters. The molecule has 0 spiro atoms. The third-order valence-electron chi connectivity index (χ3n) is 0.774. The van der Waals surface area contributed by atoms with Crippen LogP contribution in [0, 0.1) is 0 Å². The fourth-order valence-electron chi connectivity index (χ4n) is 0.392. The first-order valence-electron chi connectivity index (χ1n) is 2.78. The number of hydrogen-bond acceptors (Lipinski definition) is 2. The molecule has 0 amide bonds. The summed E-state index contributed by atoms with van der Waals surface area (Å²) in [7, 11) is 0. The van der Waals surface area contributed by atoms with Crippen molar-refractivity contribution in [3.63, 3.8) is 0 Å². The van der Waals surface area contributed by atoms with Gasteiger partial charge < -0.3 is 10.4 Å². The Morgan fingerprint density at radius 3 is 2.67 bits per heavy atom. The first-order chi connectivity index (χ1) is 4.27. The lowest BCUT2D eigenvalue weighted by Gasteiger charge is -1.95. The van der Waals surface area contributed by atoms with Crippen LogP contribution in [0.3, 0.4) is 0 Å². The maximum atomic E-state index is 9.82. The van der Waals surface area contributed by atoms with E-state index in [0.717, 1.165) is 0 Å². The highest BCUT2D eigenvalue weighted by atomic mass is 16.4. The first-order valence-corrected chi connectivity index (χ1v) is 2.78. The minimum atomic E-state index is -0.888. The lowest BCUT2D eigenvalue weighted by atomic mass is 10.4. The Labute approximate surface area is 53.5 Å². The van der Waals surface area contributed by atoms with Crippen LogP contribution in [0.4, 0.5) is 0 Å². The van der Waals surface area contributed by atoms with Gasteiger partial charge in [-0.15, -0.1) is 0 Å². The second-order valence-corrected chi connectivity index (χ2v) is 1.63. The van der Waals surface area contributed by atoms with Gasteiger partial charge in [0.15, 0.2) is 0 Å². The molecular formula is C5H10NO3. The highest BCUT2D eigenvalue weighted by molar-refractivity contribution is 5.68. The van der Waals surface area contributed by atoms with Crippen LogP contribution < -0.4 is 5.32 Å². The number of carboxylic acid groups (broad SMARTS) is 1. The van der Waals surface area contributed by atoms with Crippen molar-refractivity contribution in [1.29, 1.82) is 0 Å². The summed E-state index contributed by atoms with van der Waals surface area (Å²) >= 11 is 0. The highest BCUT2D eigenvalue weighted by Gasteiger charge is 1.92. The summed E-state index contributed by atoms with van der Waals surface area (Å²) in [4.78, 5) is 9.82.